The molecule has 8 nitrogen and oxygen atoms in total. The highest BCUT2D eigenvalue weighted by Crippen LogP contribution is 2.25. The van der Waals surface area contributed by atoms with Crippen LogP contribution < -0.4 is 10.2 Å². The van der Waals surface area contributed by atoms with Crippen LogP contribution in [0, 0.1) is 6.92 Å². The van der Waals surface area contributed by atoms with Crippen LogP contribution in [0.15, 0.2) is 18.6 Å². The molecule has 1 fully saturated rings. The van der Waals surface area contributed by atoms with E-state index in [-0.39, 0.29) is 24.0 Å². The van der Waals surface area contributed by atoms with E-state index in [0.717, 1.165) is 30.2 Å². The molecule has 0 bridgehead atoms. The van der Waals surface area contributed by atoms with Gasteiger partial charge in [-0.3, -0.25) is 9.89 Å². The van der Waals surface area contributed by atoms with Crippen molar-refractivity contribution in [2.24, 2.45) is 0 Å². The topological polar surface area (TPSA) is 96.0 Å². The third-order valence-electron chi connectivity index (χ3n) is 4.82. The predicted molar refractivity (Wildman–Crippen MR) is 98.3 cm³/mol. The normalized spacial score (nSPS) is 20.0. The summed E-state index contributed by atoms with van der Waals surface area (Å²) in [7, 11) is 1.72. The van der Waals surface area contributed by atoms with Crippen molar-refractivity contribution in [3.05, 3.63) is 35.5 Å². The van der Waals surface area contributed by atoms with E-state index in [1.165, 1.54) is 6.33 Å². The van der Waals surface area contributed by atoms with E-state index in [9.17, 15) is 4.79 Å². The zero-order valence-electron chi connectivity index (χ0n) is 15.7. The van der Waals surface area contributed by atoms with Crippen LogP contribution in [0.3, 0.4) is 0 Å². The second-order valence-corrected chi connectivity index (χ2v) is 6.94. The molecular formula is C18H26N6O2. The molecule has 2 N–H and O–H groups in total. The van der Waals surface area contributed by atoms with Gasteiger partial charge in [0.25, 0.3) is 5.91 Å². The Hall–Kier alpha value is -2.48. The van der Waals surface area contributed by atoms with Gasteiger partial charge >= 0.3 is 0 Å². The van der Waals surface area contributed by atoms with Crippen molar-refractivity contribution in [2.45, 2.75) is 45.3 Å². The van der Waals surface area contributed by atoms with E-state index >= 15 is 0 Å². The van der Waals surface area contributed by atoms with Crippen LogP contribution >= 0.6 is 0 Å². The first-order valence-corrected chi connectivity index (χ1v) is 8.89. The van der Waals surface area contributed by atoms with Gasteiger partial charge in [0, 0.05) is 32.1 Å². The molecule has 0 spiro atoms. The molecule has 0 aliphatic carbocycles. The number of nitrogens with zero attached hydrogens (tertiary/aromatic N) is 4. The third kappa shape index (κ3) is 3.70. The first-order chi connectivity index (χ1) is 12.5. The molecule has 2 atom stereocenters. The Bertz CT molecular complexity index is 745. The minimum Gasteiger partial charge on any atom is -0.380 e. The molecule has 0 radical (unpaired) electrons. The molecule has 0 unspecified atom stereocenters. The largest absolute Gasteiger partial charge is 0.380 e. The van der Waals surface area contributed by atoms with E-state index in [0.29, 0.717) is 12.1 Å². The van der Waals surface area contributed by atoms with Gasteiger partial charge in [-0.15, -0.1) is 0 Å². The highest BCUT2D eigenvalue weighted by Gasteiger charge is 2.33. The zero-order chi connectivity index (χ0) is 18.7. The molecule has 1 saturated heterocycles. The van der Waals surface area contributed by atoms with Crippen molar-refractivity contribution in [2.75, 3.05) is 25.1 Å². The number of nitrogens with one attached hydrogen (secondary N) is 2. The van der Waals surface area contributed by atoms with Crippen molar-refractivity contribution in [3.8, 4) is 0 Å². The van der Waals surface area contributed by atoms with Crippen LogP contribution in [0.1, 0.15) is 47.9 Å². The Balaban J connectivity index is 1.71. The predicted octanol–water partition coefficient (Wildman–Crippen LogP) is 1.66. The SMILES string of the molecule is CO[C@@H]1C[C@H](CNC(=O)c2c(C(C)C)n[nH]c2C)N(c2ccncn2)C1. The summed E-state index contributed by atoms with van der Waals surface area (Å²) in [6.45, 7) is 7.20. The van der Waals surface area contributed by atoms with Gasteiger partial charge in [-0.05, 0) is 25.3 Å². The van der Waals surface area contributed by atoms with E-state index < -0.39 is 0 Å². The molecule has 0 aromatic carbocycles. The number of methoxy groups -OCH3 is 1. The Morgan fingerprint density at radius 3 is 2.96 bits per heavy atom. The smallest absolute Gasteiger partial charge is 0.255 e. The molecule has 2 aromatic heterocycles. The molecule has 0 saturated carbocycles. The Morgan fingerprint density at radius 2 is 2.31 bits per heavy atom. The maximum absolute atomic E-state index is 12.8. The highest BCUT2D eigenvalue weighted by atomic mass is 16.5. The van der Waals surface area contributed by atoms with Gasteiger partial charge in [0.2, 0.25) is 0 Å². The molecule has 3 rings (SSSR count). The average molecular weight is 358 g/mol. The first kappa shape index (κ1) is 18.3. The summed E-state index contributed by atoms with van der Waals surface area (Å²) in [5.41, 5.74) is 2.24. The molecule has 3 heterocycles. The van der Waals surface area contributed by atoms with Crippen LogP contribution in [0.2, 0.25) is 0 Å². The van der Waals surface area contributed by atoms with Gasteiger partial charge in [0.15, 0.2) is 0 Å². The fourth-order valence-corrected chi connectivity index (χ4v) is 3.42. The summed E-state index contributed by atoms with van der Waals surface area (Å²) in [4.78, 5) is 23.2. The first-order valence-electron chi connectivity index (χ1n) is 8.89. The third-order valence-corrected chi connectivity index (χ3v) is 4.82. The van der Waals surface area contributed by atoms with Gasteiger partial charge < -0.3 is 15.0 Å². The highest BCUT2D eigenvalue weighted by molar-refractivity contribution is 5.96. The quantitative estimate of drug-likeness (QED) is 0.815. The maximum atomic E-state index is 12.8. The lowest BCUT2D eigenvalue weighted by atomic mass is 10.0. The lowest BCUT2D eigenvalue weighted by Gasteiger charge is -2.25. The molecule has 26 heavy (non-hydrogen) atoms. The fourth-order valence-electron chi connectivity index (χ4n) is 3.42. The number of carbonyl (C=O) groups excluding carboxylic acids is 1. The van der Waals surface area contributed by atoms with Crippen molar-refractivity contribution < 1.29 is 9.53 Å². The Kier molecular flexibility index (Phi) is 5.51. The van der Waals surface area contributed by atoms with Crippen LogP contribution in [-0.2, 0) is 4.74 Å². The van der Waals surface area contributed by atoms with Crippen LogP contribution in [0.5, 0.6) is 0 Å². The fraction of sp³-hybridized carbons (Fsp3) is 0.556. The summed E-state index contributed by atoms with van der Waals surface area (Å²) < 4.78 is 5.53. The molecule has 140 valence electrons. The van der Waals surface area contributed by atoms with Gasteiger partial charge in [0.05, 0.1) is 23.4 Å². The molecule has 8 heteroatoms. The van der Waals surface area contributed by atoms with E-state index in [1.54, 1.807) is 13.3 Å². The molecule has 1 amide bonds. The van der Waals surface area contributed by atoms with E-state index in [1.807, 2.05) is 26.8 Å². The van der Waals surface area contributed by atoms with E-state index in [4.69, 9.17) is 4.74 Å². The van der Waals surface area contributed by atoms with Gasteiger partial charge in [-0.2, -0.15) is 5.10 Å². The summed E-state index contributed by atoms with van der Waals surface area (Å²) >= 11 is 0. The Morgan fingerprint density at radius 1 is 1.50 bits per heavy atom. The maximum Gasteiger partial charge on any atom is 0.255 e. The van der Waals surface area contributed by atoms with Crippen LogP contribution in [0.25, 0.3) is 0 Å². The number of rotatable bonds is 6. The number of carbonyl (C=O) groups is 1. The number of ether oxygens (including phenoxy) is 1. The number of anilines is 1. The minimum absolute atomic E-state index is 0.0940. The monoisotopic (exact) mass is 358 g/mol. The van der Waals surface area contributed by atoms with Crippen LogP contribution in [0.4, 0.5) is 5.82 Å². The number of hydrogen-bond donors (Lipinski definition) is 2. The lowest BCUT2D eigenvalue weighted by Crippen LogP contribution is -2.41. The number of aromatic nitrogens is 4. The van der Waals surface area contributed by atoms with E-state index in [2.05, 4.69) is 30.4 Å². The number of H-pyrrole nitrogens is 1. The molecule has 2 aromatic rings. The van der Waals surface area contributed by atoms with Gasteiger partial charge in [-0.25, -0.2) is 9.97 Å². The summed E-state index contributed by atoms with van der Waals surface area (Å²) in [6.07, 6.45) is 4.22. The van der Waals surface area contributed by atoms with Crippen molar-refractivity contribution in [3.63, 3.8) is 0 Å². The average Bonchev–Trinajstić information content (AvgIpc) is 3.24. The molecular weight excluding hydrogens is 332 g/mol. The standard InChI is InChI=1S/C18H26N6O2/c1-11(2)17-16(12(3)22-23-17)18(25)20-8-13-7-14(26-4)9-24(13)15-5-6-19-10-21-15/h5-6,10-11,13-14H,7-9H2,1-4H3,(H,20,25)(H,22,23)/t13-,14-/m1/s1. The lowest BCUT2D eigenvalue weighted by molar-refractivity contribution is 0.0944. The van der Waals surface area contributed by atoms with Crippen molar-refractivity contribution >= 4 is 11.7 Å². The molecule has 1 aliphatic rings. The van der Waals surface area contributed by atoms with Gasteiger partial charge in [-0.1, -0.05) is 13.8 Å². The molecule has 1 aliphatic heterocycles. The second-order valence-electron chi connectivity index (χ2n) is 6.94. The zero-order valence-corrected chi connectivity index (χ0v) is 15.7. The Labute approximate surface area is 153 Å². The van der Waals surface area contributed by atoms with Crippen molar-refractivity contribution in [1.82, 2.24) is 25.5 Å². The number of aromatic amines is 1. The summed E-state index contributed by atoms with van der Waals surface area (Å²) in [5, 5.41) is 10.3. The van der Waals surface area contributed by atoms with Crippen LogP contribution in [-0.4, -0.2) is 58.4 Å². The van der Waals surface area contributed by atoms with Gasteiger partial charge in [0.1, 0.15) is 12.1 Å². The summed E-state index contributed by atoms with van der Waals surface area (Å²) in [6, 6.07) is 2.00. The second kappa shape index (κ2) is 7.82. The minimum atomic E-state index is -0.0940. The summed E-state index contributed by atoms with van der Waals surface area (Å²) in [5.74, 6) is 0.937. The number of aryl methyl sites for hydroxylation is 1. The number of hydrogen-bond acceptors (Lipinski definition) is 6. The van der Waals surface area contributed by atoms with Crippen molar-refractivity contribution in [1.29, 1.82) is 0 Å². The number of amides is 1.